The maximum absolute atomic E-state index is 13.3. The third-order valence-corrected chi connectivity index (χ3v) is 6.01. The smallest absolute Gasteiger partial charge is 0.233 e. The minimum absolute atomic E-state index is 0.00378. The van der Waals surface area contributed by atoms with Gasteiger partial charge < -0.3 is 4.74 Å². The second kappa shape index (κ2) is 9.05. The van der Waals surface area contributed by atoms with Gasteiger partial charge in [-0.15, -0.1) is 0 Å². The number of aryl methyl sites for hydroxylation is 1. The Labute approximate surface area is 180 Å². The van der Waals surface area contributed by atoms with E-state index in [2.05, 4.69) is 24.0 Å². The number of carbonyl (C=O) groups is 1. The lowest BCUT2D eigenvalue weighted by Crippen LogP contribution is -2.32. The Morgan fingerprint density at radius 1 is 1.07 bits per heavy atom. The molecule has 0 fully saturated rings. The molecular weight excluding hydrogens is 394 g/mol. The van der Waals surface area contributed by atoms with E-state index >= 15 is 0 Å². The van der Waals surface area contributed by atoms with Crippen LogP contribution in [0.5, 0.6) is 5.75 Å². The number of methoxy groups -OCH3 is 1. The molecule has 0 saturated heterocycles. The van der Waals surface area contributed by atoms with Gasteiger partial charge in [-0.25, -0.2) is 4.98 Å². The number of hydrogen-bond donors (Lipinski definition) is 0. The van der Waals surface area contributed by atoms with Crippen LogP contribution in [0.3, 0.4) is 0 Å². The van der Waals surface area contributed by atoms with E-state index in [0.29, 0.717) is 18.1 Å². The zero-order valence-corrected chi connectivity index (χ0v) is 17.9. The van der Waals surface area contributed by atoms with Crippen molar-refractivity contribution >= 4 is 32.6 Å². The molecule has 0 aliphatic heterocycles. The zero-order chi connectivity index (χ0) is 20.9. The minimum atomic E-state index is -0.00378. The van der Waals surface area contributed by atoms with Gasteiger partial charge in [-0.1, -0.05) is 48.6 Å². The number of fused-ring (bicyclic) bond motifs is 1. The number of pyridine rings is 1. The second-order valence-electron chi connectivity index (χ2n) is 6.98. The first-order chi connectivity index (χ1) is 14.7. The Hall–Kier alpha value is -3.25. The Morgan fingerprint density at radius 2 is 1.87 bits per heavy atom. The molecule has 5 nitrogen and oxygen atoms in total. The fraction of sp³-hybridized carbons (Fsp3) is 0.208. The molecule has 152 valence electrons. The van der Waals surface area contributed by atoms with Crippen molar-refractivity contribution in [2.24, 2.45) is 0 Å². The molecule has 0 atom stereocenters. The zero-order valence-electron chi connectivity index (χ0n) is 17.0. The highest BCUT2D eigenvalue weighted by atomic mass is 32.1. The third kappa shape index (κ3) is 4.49. The summed E-state index contributed by atoms with van der Waals surface area (Å²) in [6.07, 6.45) is 3.04. The number of amides is 1. The lowest BCUT2D eigenvalue weighted by atomic mass is 10.1. The summed E-state index contributed by atoms with van der Waals surface area (Å²) in [5, 5.41) is 0.666. The summed E-state index contributed by atoms with van der Waals surface area (Å²) in [6, 6.07) is 19.7. The molecule has 2 aromatic heterocycles. The Kier molecular flexibility index (Phi) is 6.05. The van der Waals surface area contributed by atoms with E-state index in [-0.39, 0.29) is 5.91 Å². The summed E-state index contributed by atoms with van der Waals surface area (Å²) in [5.41, 5.74) is 3.90. The number of thiazole rings is 1. The standard InChI is InChI=1S/C24H23N3O2S/c1-3-17-7-9-18(10-8-17)14-23(28)27(16-19-6-4-5-13-25-19)24-26-21-15-20(29-2)11-12-22(21)30-24/h4-13,15H,3,14,16H2,1-2H3. The fourth-order valence-corrected chi connectivity index (χ4v) is 4.18. The minimum Gasteiger partial charge on any atom is -0.497 e. The molecule has 0 bridgehead atoms. The molecule has 0 aliphatic rings. The van der Waals surface area contributed by atoms with E-state index in [1.54, 1.807) is 18.2 Å². The van der Waals surface area contributed by atoms with Crippen molar-refractivity contribution in [3.05, 3.63) is 83.7 Å². The summed E-state index contributed by atoms with van der Waals surface area (Å²) >= 11 is 1.50. The summed E-state index contributed by atoms with van der Waals surface area (Å²) in [6.45, 7) is 2.50. The van der Waals surface area contributed by atoms with Crippen molar-refractivity contribution in [1.29, 1.82) is 0 Å². The molecule has 0 radical (unpaired) electrons. The molecule has 2 aromatic carbocycles. The van der Waals surface area contributed by atoms with Crippen LogP contribution >= 0.6 is 11.3 Å². The highest BCUT2D eigenvalue weighted by Crippen LogP contribution is 2.32. The van der Waals surface area contributed by atoms with Crippen LogP contribution in [-0.4, -0.2) is 23.0 Å². The second-order valence-corrected chi connectivity index (χ2v) is 7.99. The number of rotatable bonds is 7. The highest BCUT2D eigenvalue weighted by Gasteiger charge is 2.21. The Balaban J connectivity index is 1.65. The molecule has 30 heavy (non-hydrogen) atoms. The van der Waals surface area contributed by atoms with Crippen LogP contribution in [0.15, 0.2) is 66.9 Å². The van der Waals surface area contributed by atoms with Gasteiger partial charge in [-0.2, -0.15) is 0 Å². The average Bonchev–Trinajstić information content (AvgIpc) is 3.21. The van der Waals surface area contributed by atoms with Crippen molar-refractivity contribution < 1.29 is 9.53 Å². The van der Waals surface area contributed by atoms with Crippen LogP contribution in [0.4, 0.5) is 5.13 Å². The predicted octanol–water partition coefficient (Wildman–Crippen LogP) is 5.04. The van der Waals surface area contributed by atoms with Crippen LogP contribution in [-0.2, 0) is 24.2 Å². The summed E-state index contributed by atoms with van der Waals surface area (Å²) in [4.78, 5) is 24.2. The van der Waals surface area contributed by atoms with Gasteiger partial charge in [0, 0.05) is 12.3 Å². The van der Waals surface area contributed by atoms with Crippen LogP contribution in [0.25, 0.3) is 10.2 Å². The SMILES string of the molecule is CCc1ccc(CC(=O)N(Cc2ccccn2)c2nc3cc(OC)ccc3s2)cc1. The molecule has 2 heterocycles. The van der Waals surface area contributed by atoms with Crippen LogP contribution in [0, 0.1) is 0 Å². The lowest BCUT2D eigenvalue weighted by Gasteiger charge is -2.19. The van der Waals surface area contributed by atoms with E-state index in [0.717, 1.165) is 33.6 Å². The Bertz CT molecular complexity index is 1140. The number of carbonyl (C=O) groups excluding carboxylic acids is 1. The van der Waals surface area contributed by atoms with Crippen LogP contribution in [0.1, 0.15) is 23.7 Å². The van der Waals surface area contributed by atoms with Crippen molar-refractivity contribution in [3.63, 3.8) is 0 Å². The third-order valence-electron chi connectivity index (χ3n) is 4.95. The van der Waals surface area contributed by atoms with Crippen LogP contribution in [0.2, 0.25) is 0 Å². The van der Waals surface area contributed by atoms with Gasteiger partial charge in [0.2, 0.25) is 5.91 Å². The Morgan fingerprint density at radius 3 is 2.57 bits per heavy atom. The molecule has 0 spiro atoms. The number of hydrogen-bond acceptors (Lipinski definition) is 5. The number of benzene rings is 2. The molecule has 1 amide bonds. The first kappa shape index (κ1) is 20.0. The van der Waals surface area contributed by atoms with E-state index in [4.69, 9.17) is 9.72 Å². The number of anilines is 1. The van der Waals surface area contributed by atoms with E-state index in [1.807, 2.05) is 48.5 Å². The molecule has 0 saturated carbocycles. The number of ether oxygens (including phenoxy) is 1. The first-order valence-electron chi connectivity index (χ1n) is 9.89. The normalized spacial score (nSPS) is 10.9. The van der Waals surface area contributed by atoms with Gasteiger partial charge in [0.1, 0.15) is 5.75 Å². The highest BCUT2D eigenvalue weighted by molar-refractivity contribution is 7.22. The number of aromatic nitrogens is 2. The fourth-order valence-electron chi connectivity index (χ4n) is 3.22. The molecule has 6 heteroatoms. The maximum Gasteiger partial charge on any atom is 0.233 e. The van der Waals surface area contributed by atoms with E-state index < -0.39 is 0 Å². The quantitative estimate of drug-likeness (QED) is 0.423. The van der Waals surface area contributed by atoms with Crippen molar-refractivity contribution in [2.75, 3.05) is 12.0 Å². The van der Waals surface area contributed by atoms with Crippen molar-refractivity contribution in [1.82, 2.24) is 9.97 Å². The summed E-state index contributed by atoms with van der Waals surface area (Å²) in [5.74, 6) is 0.744. The van der Waals surface area contributed by atoms with Gasteiger partial charge in [0.15, 0.2) is 5.13 Å². The van der Waals surface area contributed by atoms with Gasteiger partial charge in [-0.3, -0.25) is 14.7 Å². The molecular formula is C24H23N3O2S. The van der Waals surface area contributed by atoms with E-state index in [1.165, 1.54) is 16.9 Å². The van der Waals surface area contributed by atoms with Gasteiger partial charge >= 0.3 is 0 Å². The maximum atomic E-state index is 13.3. The van der Waals surface area contributed by atoms with Crippen molar-refractivity contribution in [3.8, 4) is 5.75 Å². The van der Waals surface area contributed by atoms with Gasteiger partial charge in [0.05, 0.1) is 36.0 Å². The van der Waals surface area contributed by atoms with E-state index in [9.17, 15) is 4.79 Å². The predicted molar refractivity (Wildman–Crippen MR) is 121 cm³/mol. The molecule has 0 N–H and O–H groups in total. The first-order valence-corrected chi connectivity index (χ1v) is 10.7. The average molecular weight is 418 g/mol. The summed E-state index contributed by atoms with van der Waals surface area (Å²) < 4.78 is 6.32. The largest absolute Gasteiger partial charge is 0.497 e. The molecule has 0 aliphatic carbocycles. The summed E-state index contributed by atoms with van der Waals surface area (Å²) in [7, 11) is 1.63. The van der Waals surface area contributed by atoms with Crippen molar-refractivity contribution in [2.45, 2.75) is 26.3 Å². The topological polar surface area (TPSA) is 55.3 Å². The molecule has 4 aromatic rings. The van der Waals surface area contributed by atoms with Gasteiger partial charge in [-0.05, 0) is 41.8 Å². The van der Waals surface area contributed by atoms with Gasteiger partial charge in [0.25, 0.3) is 0 Å². The lowest BCUT2D eigenvalue weighted by molar-refractivity contribution is -0.118. The molecule has 0 unspecified atom stereocenters. The number of nitrogens with zero attached hydrogens (tertiary/aromatic N) is 3. The van der Waals surface area contributed by atoms with Crippen LogP contribution < -0.4 is 9.64 Å². The molecule has 4 rings (SSSR count). The monoisotopic (exact) mass is 417 g/mol.